The number of carbonyl (C=O) groups is 1. The molecule has 0 bridgehead atoms. The van der Waals surface area contributed by atoms with Crippen LogP contribution in [-0.2, 0) is 4.79 Å². The van der Waals surface area contributed by atoms with E-state index in [9.17, 15) is 4.79 Å². The van der Waals surface area contributed by atoms with Crippen molar-refractivity contribution in [2.45, 2.75) is 53.5 Å². The minimum Gasteiger partial charge on any atom is -0.343 e. The Morgan fingerprint density at radius 1 is 1.40 bits per heavy atom. The average molecular weight is 209 g/mol. The monoisotopic (exact) mass is 209 g/mol. The topological polar surface area (TPSA) is 29.1 Å². The zero-order valence-electron chi connectivity index (χ0n) is 10.6. The first-order valence-corrected chi connectivity index (χ1v) is 5.50. The highest BCUT2D eigenvalue weighted by Gasteiger charge is 2.17. The molecule has 0 aliphatic rings. The highest BCUT2D eigenvalue weighted by molar-refractivity contribution is 5.76. The molecule has 0 aliphatic carbocycles. The molecule has 0 aromatic heterocycles. The molecule has 1 amide bonds. The molecule has 2 atom stereocenters. The number of amides is 1. The van der Waals surface area contributed by atoms with Gasteiger partial charge in [0.05, 0.1) is 6.04 Å². The van der Waals surface area contributed by atoms with Crippen LogP contribution in [0.15, 0.2) is 0 Å². The molecule has 0 spiro atoms. The Bertz CT molecular complexity index is 244. The van der Waals surface area contributed by atoms with Gasteiger partial charge in [0.15, 0.2) is 0 Å². The van der Waals surface area contributed by atoms with Crippen molar-refractivity contribution in [1.29, 1.82) is 0 Å². The highest BCUT2D eigenvalue weighted by atomic mass is 16.1. The summed E-state index contributed by atoms with van der Waals surface area (Å²) in [4.78, 5) is 11.5. The van der Waals surface area contributed by atoms with Crippen molar-refractivity contribution >= 4 is 5.91 Å². The summed E-state index contributed by atoms with van der Waals surface area (Å²) in [6.45, 7) is 10.5. The van der Waals surface area contributed by atoms with E-state index in [1.54, 1.807) is 0 Å². The normalized spacial score (nSPS) is 15.2. The lowest BCUT2D eigenvalue weighted by atomic mass is 9.84. The lowest BCUT2D eigenvalue weighted by molar-refractivity contribution is -0.122. The second-order valence-electron chi connectivity index (χ2n) is 5.53. The van der Waals surface area contributed by atoms with Crippen LogP contribution >= 0.6 is 0 Å². The van der Waals surface area contributed by atoms with Crippen molar-refractivity contribution in [2.24, 2.45) is 11.3 Å². The molecule has 0 radical (unpaired) electrons. The van der Waals surface area contributed by atoms with Gasteiger partial charge in [0.2, 0.25) is 5.91 Å². The van der Waals surface area contributed by atoms with E-state index in [0.717, 1.165) is 6.42 Å². The van der Waals surface area contributed by atoms with Gasteiger partial charge in [-0.3, -0.25) is 4.79 Å². The van der Waals surface area contributed by atoms with Crippen LogP contribution in [0, 0.1) is 23.7 Å². The Balaban J connectivity index is 3.93. The minimum atomic E-state index is -0.167. The summed E-state index contributed by atoms with van der Waals surface area (Å²) in [5.41, 5.74) is 0.275. The number of terminal acetylenes is 1. The Hall–Kier alpha value is -0.970. The number of hydrogen-bond donors (Lipinski definition) is 1. The molecule has 2 heteroatoms. The predicted octanol–water partition coefficient (Wildman–Crippen LogP) is 2.59. The number of rotatable bonds is 4. The van der Waals surface area contributed by atoms with Crippen LogP contribution in [0.1, 0.15) is 47.5 Å². The maximum absolute atomic E-state index is 11.5. The fraction of sp³-hybridized carbons (Fsp3) is 0.769. The summed E-state index contributed by atoms with van der Waals surface area (Å²) in [7, 11) is 0. The molecule has 0 aromatic carbocycles. The van der Waals surface area contributed by atoms with Crippen molar-refractivity contribution in [3.05, 3.63) is 0 Å². The lowest BCUT2D eigenvalue weighted by Gasteiger charge is -2.23. The molecule has 0 fully saturated rings. The van der Waals surface area contributed by atoms with E-state index in [0.29, 0.717) is 12.3 Å². The molecule has 0 aromatic rings. The molecule has 0 saturated carbocycles. The third-order valence-electron chi connectivity index (χ3n) is 2.12. The summed E-state index contributed by atoms with van der Waals surface area (Å²) >= 11 is 0. The standard InChI is InChI=1S/C13H23NO/c1-7-11(3)14-12(15)8-10(2)9-13(4,5)6/h1,10-11H,8-9H2,2-6H3,(H,14,15). The van der Waals surface area contributed by atoms with Crippen LogP contribution in [0.4, 0.5) is 0 Å². The van der Waals surface area contributed by atoms with Crippen molar-refractivity contribution in [2.75, 3.05) is 0 Å². The fourth-order valence-corrected chi connectivity index (χ4v) is 1.78. The highest BCUT2D eigenvalue weighted by Crippen LogP contribution is 2.25. The molecular formula is C13H23NO. The van der Waals surface area contributed by atoms with Gasteiger partial charge in [0, 0.05) is 6.42 Å². The molecule has 0 heterocycles. The third kappa shape index (κ3) is 8.05. The first-order chi connectivity index (χ1) is 6.74. The molecule has 0 saturated heterocycles. The average Bonchev–Trinajstić information content (AvgIpc) is 1.99. The van der Waals surface area contributed by atoms with Gasteiger partial charge in [-0.05, 0) is 24.7 Å². The van der Waals surface area contributed by atoms with Gasteiger partial charge < -0.3 is 5.32 Å². The first-order valence-electron chi connectivity index (χ1n) is 5.50. The maximum Gasteiger partial charge on any atom is 0.221 e. The summed E-state index contributed by atoms with van der Waals surface area (Å²) < 4.78 is 0. The second-order valence-corrected chi connectivity index (χ2v) is 5.53. The quantitative estimate of drug-likeness (QED) is 0.708. The van der Waals surface area contributed by atoms with Crippen molar-refractivity contribution in [3.8, 4) is 12.3 Å². The van der Waals surface area contributed by atoms with Crippen LogP contribution in [0.25, 0.3) is 0 Å². The predicted molar refractivity (Wildman–Crippen MR) is 64.3 cm³/mol. The molecular weight excluding hydrogens is 186 g/mol. The van der Waals surface area contributed by atoms with Crippen LogP contribution < -0.4 is 5.32 Å². The van der Waals surface area contributed by atoms with Gasteiger partial charge in [-0.1, -0.05) is 33.6 Å². The molecule has 2 unspecified atom stereocenters. The first kappa shape index (κ1) is 14.0. The zero-order chi connectivity index (χ0) is 12.1. The Morgan fingerprint density at radius 2 is 1.93 bits per heavy atom. The summed E-state index contributed by atoms with van der Waals surface area (Å²) in [5.74, 6) is 2.94. The smallest absolute Gasteiger partial charge is 0.221 e. The fourth-order valence-electron chi connectivity index (χ4n) is 1.78. The van der Waals surface area contributed by atoms with E-state index in [2.05, 4.69) is 38.9 Å². The number of nitrogens with one attached hydrogen (secondary N) is 1. The second kappa shape index (κ2) is 5.80. The zero-order valence-corrected chi connectivity index (χ0v) is 10.6. The van der Waals surface area contributed by atoms with E-state index in [4.69, 9.17) is 6.42 Å². The van der Waals surface area contributed by atoms with Crippen LogP contribution in [0.2, 0.25) is 0 Å². The van der Waals surface area contributed by atoms with Crippen LogP contribution in [0.3, 0.4) is 0 Å². The maximum atomic E-state index is 11.5. The van der Waals surface area contributed by atoms with E-state index >= 15 is 0 Å². The van der Waals surface area contributed by atoms with E-state index < -0.39 is 0 Å². The van der Waals surface area contributed by atoms with E-state index in [-0.39, 0.29) is 17.4 Å². The molecule has 0 aliphatic heterocycles. The SMILES string of the molecule is C#CC(C)NC(=O)CC(C)CC(C)(C)C. The van der Waals surface area contributed by atoms with Gasteiger partial charge >= 0.3 is 0 Å². The lowest BCUT2D eigenvalue weighted by Crippen LogP contribution is -2.32. The molecule has 1 N–H and O–H groups in total. The van der Waals surface area contributed by atoms with Gasteiger partial charge in [0.1, 0.15) is 0 Å². The Labute approximate surface area is 93.8 Å². The van der Waals surface area contributed by atoms with Gasteiger partial charge in [-0.2, -0.15) is 0 Å². The summed E-state index contributed by atoms with van der Waals surface area (Å²) in [6, 6.07) is -0.167. The van der Waals surface area contributed by atoms with E-state index in [1.807, 2.05) is 6.92 Å². The molecule has 15 heavy (non-hydrogen) atoms. The van der Waals surface area contributed by atoms with Crippen molar-refractivity contribution in [1.82, 2.24) is 5.32 Å². The minimum absolute atomic E-state index is 0.0530. The summed E-state index contributed by atoms with van der Waals surface area (Å²) in [6.07, 6.45) is 6.79. The summed E-state index contributed by atoms with van der Waals surface area (Å²) in [5, 5.41) is 2.77. The largest absolute Gasteiger partial charge is 0.343 e. The van der Waals surface area contributed by atoms with Crippen molar-refractivity contribution < 1.29 is 4.79 Å². The number of carbonyl (C=O) groups excluding carboxylic acids is 1. The molecule has 2 nitrogen and oxygen atoms in total. The molecule has 0 rings (SSSR count). The Morgan fingerprint density at radius 3 is 2.33 bits per heavy atom. The van der Waals surface area contributed by atoms with Gasteiger partial charge in [-0.15, -0.1) is 6.42 Å². The third-order valence-corrected chi connectivity index (χ3v) is 2.12. The van der Waals surface area contributed by atoms with Gasteiger partial charge in [-0.25, -0.2) is 0 Å². The van der Waals surface area contributed by atoms with Crippen LogP contribution in [-0.4, -0.2) is 11.9 Å². The Kier molecular flexibility index (Phi) is 5.43. The van der Waals surface area contributed by atoms with Crippen molar-refractivity contribution in [3.63, 3.8) is 0 Å². The van der Waals surface area contributed by atoms with Gasteiger partial charge in [0.25, 0.3) is 0 Å². The molecule has 86 valence electrons. The van der Waals surface area contributed by atoms with Crippen LogP contribution in [0.5, 0.6) is 0 Å². The number of hydrogen-bond acceptors (Lipinski definition) is 1. The van der Waals surface area contributed by atoms with E-state index in [1.165, 1.54) is 0 Å².